The Bertz CT molecular complexity index is 1260. The number of rotatable bonds is 7. The molecule has 35 heavy (non-hydrogen) atoms. The molecule has 1 aliphatic heterocycles. The molecule has 1 N–H and O–H groups in total. The Labute approximate surface area is 207 Å². The van der Waals surface area contributed by atoms with Gasteiger partial charge in [-0.2, -0.15) is 13.2 Å². The zero-order valence-electron chi connectivity index (χ0n) is 17.9. The van der Waals surface area contributed by atoms with Gasteiger partial charge in [0.15, 0.2) is 0 Å². The average molecular weight is 525 g/mol. The van der Waals surface area contributed by atoms with Crippen molar-refractivity contribution in [2.75, 3.05) is 25.6 Å². The van der Waals surface area contributed by atoms with Crippen LogP contribution in [0.1, 0.15) is 11.1 Å². The summed E-state index contributed by atoms with van der Waals surface area (Å²) in [6.07, 6.45) is 1.91. The maximum Gasteiger partial charge on any atom is 0.416 e. The third kappa shape index (κ3) is 6.29. The fraction of sp³-hybridized carbons (Fsp3) is 0.174. The molecule has 1 aliphatic rings. The Hall–Kier alpha value is -3.62. The van der Waals surface area contributed by atoms with E-state index >= 15 is 0 Å². The van der Waals surface area contributed by atoms with Crippen LogP contribution in [-0.2, 0) is 15.8 Å². The van der Waals surface area contributed by atoms with Crippen LogP contribution in [0.25, 0.3) is 6.08 Å². The molecule has 0 unspecified atom stereocenters. The van der Waals surface area contributed by atoms with Crippen LogP contribution in [0.5, 0.6) is 11.5 Å². The highest BCUT2D eigenvalue weighted by Gasteiger charge is 2.37. The van der Waals surface area contributed by atoms with E-state index in [1.807, 2.05) is 0 Å². The first-order chi connectivity index (χ1) is 16.5. The first-order valence-electron chi connectivity index (χ1n) is 9.69. The standard InChI is InChI=1S/C23H16ClF3N2O5S/c1-3-8-34-17-6-4-13(9-15(17)24)10-19-21(31)29(22(32)35-19)12-20(30)28-16-11-14(23(25,26)27)5-7-18(16)33-2/h1,4-7,9-11H,8,12H2,2H3,(H,28,30)/b19-10-. The highest BCUT2D eigenvalue weighted by atomic mass is 35.5. The van der Waals surface area contributed by atoms with E-state index in [2.05, 4.69) is 11.2 Å². The molecule has 7 nitrogen and oxygen atoms in total. The van der Waals surface area contributed by atoms with E-state index in [1.165, 1.54) is 19.3 Å². The fourth-order valence-corrected chi connectivity index (χ4v) is 4.03. The number of halogens is 4. The summed E-state index contributed by atoms with van der Waals surface area (Å²) in [5, 5.41) is 1.78. The molecule has 1 heterocycles. The molecule has 1 saturated heterocycles. The number of nitrogens with one attached hydrogen (secondary N) is 1. The minimum absolute atomic E-state index is 0.0202. The highest BCUT2D eigenvalue weighted by molar-refractivity contribution is 8.18. The Kier molecular flexibility index (Phi) is 7.99. The number of anilines is 1. The van der Waals surface area contributed by atoms with Crippen molar-refractivity contribution in [3.63, 3.8) is 0 Å². The second kappa shape index (κ2) is 10.8. The van der Waals surface area contributed by atoms with E-state index in [1.54, 1.807) is 12.1 Å². The van der Waals surface area contributed by atoms with Gasteiger partial charge in [0.2, 0.25) is 5.91 Å². The number of ether oxygens (including phenoxy) is 2. The van der Waals surface area contributed by atoms with Crippen LogP contribution in [0.2, 0.25) is 5.02 Å². The van der Waals surface area contributed by atoms with E-state index in [4.69, 9.17) is 27.5 Å². The minimum Gasteiger partial charge on any atom is -0.495 e. The number of hydrogen-bond donors (Lipinski definition) is 1. The van der Waals surface area contributed by atoms with Gasteiger partial charge in [-0.15, -0.1) is 6.42 Å². The minimum atomic E-state index is -4.64. The van der Waals surface area contributed by atoms with Crippen molar-refractivity contribution in [1.29, 1.82) is 0 Å². The van der Waals surface area contributed by atoms with Crippen molar-refractivity contribution < 1.29 is 37.0 Å². The van der Waals surface area contributed by atoms with Crippen LogP contribution >= 0.6 is 23.4 Å². The summed E-state index contributed by atoms with van der Waals surface area (Å²) in [6, 6.07) is 7.20. The van der Waals surface area contributed by atoms with Crippen LogP contribution in [0, 0.1) is 12.3 Å². The lowest BCUT2D eigenvalue weighted by atomic mass is 10.1. The monoisotopic (exact) mass is 524 g/mol. The molecule has 0 atom stereocenters. The van der Waals surface area contributed by atoms with Crippen LogP contribution in [0.15, 0.2) is 41.3 Å². The molecule has 2 aromatic rings. The lowest BCUT2D eigenvalue weighted by Gasteiger charge is -2.16. The first-order valence-corrected chi connectivity index (χ1v) is 10.9. The second-order valence-electron chi connectivity index (χ2n) is 6.91. The van der Waals surface area contributed by atoms with Crippen molar-refractivity contribution in [3.8, 4) is 23.8 Å². The van der Waals surface area contributed by atoms with Gasteiger partial charge in [0.25, 0.3) is 11.1 Å². The largest absolute Gasteiger partial charge is 0.495 e. The summed E-state index contributed by atoms with van der Waals surface area (Å²) in [5.74, 6) is 1.00. The van der Waals surface area contributed by atoms with Crippen molar-refractivity contribution in [3.05, 3.63) is 57.5 Å². The normalized spacial score (nSPS) is 14.7. The predicted molar refractivity (Wildman–Crippen MR) is 125 cm³/mol. The van der Waals surface area contributed by atoms with Gasteiger partial charge < -0.3 is 14.8 Å². The van der Waals surface area contributed by atoms with E-state index in [9.17, 15) is 27.6 Å². The molecular formula is C23H16ClF3N2O5S. The summed E-state index contributed by atoms with van der Waals surface area (Å²) in [7, 11) is 1.22. The Balaban J connectivity index is 1.73. The maximum atomic E-state index is 13.0. The van der Waals surface area contributed by atoms with Gasteiger partial charge in [-0.3, -0.25) is 19.3 Å². The van der Waals surface area contributed by atoms with E-state index in [0.29, 0.717) is 34.0 Å². The van der Waals surface area contributed by atoms with Gasteiger partial charge >= 0.3 is 6.18 Å². The number of imide groups is 1. The Morgan fingerprint density at radius 3 is 2.57 bits per heavy atom. The van der Waals surface area contributed by atoms with Crippen LogP contribution in [0.3, 0.4) is 0 Å². The SMILES string of the molecule is C#CCOc1ccc(/C=C2\SC(=O)N(CC(=O)Nc3cc(C(F)(F)F)ccc3OC)C2=O)cc1Cl. The number of benzene rings is 2. The number of thioether (sulfide) groups is 1. The number of terminal acetylenes is 1. The Morgan fingerprint density at radius 1 is 1.23 bits per heavy atom. The van der Waals surface area contributed by atoms with Gasteiger partial charge in [0.05, 0.1) is 28.3 Å². The molecule has 0 saturated carbocycles. The lowest BCUT2D eigenvalue weighted by molar-refractivity contribution is -0.137. The molecule has 0 radical (unpaired) electrons. The molecular weight excluding hydrogens is 509 g/mol. The quantitative estimate of drug-likeness (QED) is 0.403. The molecule has 0 aromatic heterocycles. The third-order valence-corrected chi connectivity index (χ3v) is 5.74. The van der Waals surface area contributed by atoms with Crippen molar-refractivity contribution >= 4 is 52.2 Å². The molecule has 2 aromatic carbocycles. The Morgan fingerprint density at radius 2 is 1.94 bits per heavy atom. The topological polar surface area (TPSA) is 84.9 Å². The number of carbonyl (C=O) groups is 3. The van der Waals surface area contributed by atoms with Gasteiger partial charge in [-0.1, -0.05) is 23.6 Å². The van der Waals surface area contributed by atoms with Crippen molar-refractivity contribution in [1.82, 2.24) is 4.90 Å². The van der Waals surface area contributed by atoms with Gasteiger partial charge in [-0.05, 0) is 53.7 Å². The molecule has 0 bridgehead atoms. The summed E-state index contributed by atoms with van der Waals surface area (Å²) < 4.78 is 49.3. The van der Waals surface area contributed by atoms with Gasteiger partial charge in [0, 0.05) is 0 Å². The number of methoxy groups -OCH3 is 1. The fourth-order valence-electron chi connectivity index (χ4n) is 2.95. The van der Waals surface area contributed by atoms with E-state index in [0.717, 1.165) is 12.1 Å². The zero-order valence-corrected chi connectivity index (χ0v) is 19.5. The number of hydrogen-bond acceptors (Lipinski definition) is 6. The number of amides is 3. The first kappa shape index (κ1) is 26.0. The summed E-state index contributed by atoms with van der Waals surface area (Å²) in [4.78, 5) is 38.2. The highest BCUT2D eigenvalue weighted by Crippen LogP contribution is 2.36. The number of nitrogens with zero attached hydrogens (tertiary/aromatic N) is 1. The van der Waals surface area contributed by atoms with Crippen LogP contribution < -0.4 is 14.8 Å². The second-order valence-corrected chi connectivity index (χ2v) is 8.31. The summed E-state index contributed by atoms with van der Waals surface area (Å²) >= 11 is 6.74. The predicted octanol–water partition coefficient (Wildman–Crippen LogP) is 5.05. The van der Waals surface area contributed by atoms with Crippen molar-refractivity contribution in [2.24, 2.45) is 0 Å². The molecule has 3 amide bonds. The van der Waals surface area contributed by atoms with Gasteiger partial charge in [-0.25, -0.2) is 0 Å². The molecule has 3 rings (SSSR count). The lowest BCUT2D eigenvalue weighted by Crippen LogP contribution is -2.36. The van der Waals surface area contributed by atoms with Crippen molar-refractivity contribution in [2.45, 2.75) is 6.18 Å². The van der Waals surface area contributed by atoms with Gasteiger partial charge in [0.1, 0.15) is 24.7 Å². The zero-order chi connectivity index (χ0) is 25.8. The molecule has 12 heteroatoms. The van der Waals surface area contributed by atoms with E-state index in [-0.39, 0.29) is 28.0 Å². The number of carbonyl (C=O) groups excluding carboxylic acids is 3. The number of alkyl halides is 3. The molecule has 0 aliphatic carbocycles. The maximum absolute atomic E-state index is 13.0. The average Bonchev–Trinajstić information content (AvgIpc) is 3.05. The molecule has 1 fully saturated rings. The molecule has 182 valence electrons. The smallest absolute Gasteiger partial charge is 0.416 e. The summed E-state index contributed by atoms with van der Waals surface area (Å²) in [6.45, 7) is -0.687. The third-order valence-electron chi connectivity index (χ3n) is 4.54. The van der Waals surface area contributed by atoms with E-state index < -0.39 is 35.3 Å². The van der Waals surface area contributed by atoms with Crippen LogP contribution in [-0.4, -0.2) is 42.2 Å². The summed E-state index contributed by atoms with van der Waals surface area (Å²) in [5.41, 5.74) is -0.764. The molecule has 0 spiro atoms. The van der Waals surface area contributed by atoms with Crippen LogP contribution in [0.4, 0.5) is 23.7 Å².